The van der Waals surface area contributed by atoms with Gasteiger partial charge in [0.2, 0.25) is 0 Å². The normalized spacial score (nSPS) is 12.9. The lowest BCUT2D eigenvalue weighted by atomic mass is 10.1. The predicted molar refractivity (Wildman–Crippen MR) is 42.1 cm³/mol. The van der Waals surface area contributed by atoms with Gasteiger partial charge in [-0.1, -0.05) is 12.5 Å². The highest BCUT2D eigenvalue weighted by Gasteiger charge is 1.94. The Morgan fingerprint density at radius 3 is 1.78 bits per heavy atom. The Hall–Kier alpha value is -0.590. The first-order valence-electron chi connectivity index (χ1n) is 3.31. The van der Waals surface area contributed by atoms with Crippen molar-refractivity contribution in [3.63, 3.8) is 0 Å². The van der Waals surface area contributed by atoms with Crippen LogP contribution in [0, 0.1) is 5.41 Å². The Morgan fingerprint density at radius 1 is 1.22 bits per heavy atom. The number of allylic oxidation sites excluding steroid dienone is 2. The maximum Gasteiger partial charge on any atom is 0.0311 e. The monoisotopic (exact) mass is 125 g/mol. The minimum atomic E-state index is 0.689. The zero-order valence-electron chi connectivity index (χ0n) is 6.71. The third-order valence-electron chi connectivity index (χ3n) is 1.73. The van der Waals surface area contributed by atoms with Crippen molar-refractivity contribution >= 4 is 5.71 Å². The largest absolute Gasteiger partial charge is 0.305 e. The van der Waals surface area contributed by atoms with E-state index in [1.165, 1.54) is 5.57 Å². The van der Waals surface area contributed by atoms with Gasteiger partial charge in [-0.3, -0.25) is 0 Å². The van der Waals surface area contributed by atoms with Crippen molar-refractivity contribution < 1.29 is 0 Å². The highest BCUT2D eigenvalue weighted by atomic mass is 14.4. The smallest absolute Gasteiger partial charge is 0.0311 e. The van der Waals surface area contributed by atoms with Gasteiger partial charge in [0, 0.05) is 5.71 Å². The summed E-state index contributed by atoms with van der Waals surface area (Å²) in [5.74, 6) is 0. The standard InChI is InChI=1S/C8H15N/c1-5-6(2)7(3)8(4)9/h9H,5H2,1-4H3/b7-6-,9-8?. The zero-order valence-corrected chi connectivity index (χ0v) is 6.71. The molecule has 1 N–H and O–H groups in total. The fourth-order valence-corrected chi connectivity index (χ4v) is 0.585. The molecule has 1 heteroatoms. The third-order valence-corrected chi connectivity index (χ3v) is 1.73. The Labute approximate surface area is 57.3 Å². The quantitative estimate of drug-likeness (QED) is 0.549. The summed E-state index contributed by atoms with van der Waals surface area (Å²) in [6, 6.07) is 0. The summed E-state index contributed by atoms with van der Waals surface area (Å²) < 4.78 is 0. The first-order chi connectivity index (χ1) is 4.09. The van der Waals surface area contributed by atoms with Crippen LogP contribution in [0.1, 0.15) is 34.1 Å². The molecule has 0 heterocycles. The van der Waals surface area contributed by atoms with E-state index in [-0.39, 0.29) is 0 Å². The van der Waals surface area contributed by atoms with E-state index >= 15 is 0 Å². The van der Waals surface area contributed by atoms with E-state index in [4.69, 9.17) is 5.41 Å². The summed E-state index contributed by atoms with van der Waals surface area (Å²) in [6.45, 7) is 8.02. The van der Waals surface area contributed by atoms with Gasteiger partial charge in [-0.2, -0.15) is 0 Å². The number of nitrogens with one attached hydrogen (secondary N) is 1. The number of hydrogen-bond acceptors (Lipinski definition) is 1. The molecule has 0 spiro atoms. The van der Waals surface area contributed by atoms with E-state index in [1.807, 2.05) is 13.8 Å². The van der Waals surface area contributed by atoms with Crippen LogP contribution in [0.4, 0.5) is 0 Å². The maximum atomic E-state index is 7.28. The van der Waals surface area contributed by atoms with Crippen molar-refractivity contribution in [1.82, 2.24) is 0 Å². The van der Waals surface area contributed by atoms with E-state index in [2.05, 4.69) is 13.8 Å². The molecule has 0 aliphatic carbocycles. The van der Waals surface area contributed by atoms with E-state index < -0.39 is 0 Å². The molecule has 9 heavy (non-hydrogen) atoms. The molecule has 0 saturated heterocycles. The molecule has 0 unspecified atom stereocenters. The maximum absolute atomic E-state index is 7.28. The van der Waals surface area contributed by atoms with Gasteiger partial charge in [-0.05, 0) is 32.8 Å². The Kier molecular flexibility index (Phi) is 3.21. The second-order valence-corrected chi connectivity index (χ2v) is 2.38. The van der Waals surface area contributed by atoms with Crippen molar-refractivity contribution in [3.05, 3.63) is 11.1 Å². The molecule has 0 bridgehead atoms. The van der Waals surface area contributed by atoms with Gasteiger partial charge in [0.05, 0.1) is 0 Å². The summed E-state index contributed by atoms with van der Waals surface area (Å²) in [6.07, 6.45) is 1.06. The molecule has 0 saturated carbocycles. The lowest BCUT2D eigenvalue weighted by Crippen LogP contribution is -1.93. The lowest BCUT2D eigenvalue weighted by Gasteiger charge is -2.01. The highest BCUT2D eigenvalue weighted by Crippen LogP contribution is 2.07. The number of rotatable bonds is 2. The fourth-order valence-electron chi connectivity index (χ4n) is 0.585. The third kappa shape index (κ3) is 2.45. The SMILES string of the molecule is CC/C(C)=C(/C)C(C)=N. The molecule has 0 aromatic carbocycles. The van der Waals surface area contributed by atoms with Crippen LogP contribution < -0.4 is 0 Å². The van der Waals surface area contributed by atoms with Gasteiger partial charge in [0.1, 0.15) is 0 Å². The van der Waals surface area contributed by atoms with E-state index in [9.17, 15) is 0 Å². The highest BCUT2D eigenvalue weighted by molar-refractivity contribution is 5.95. The first kappa shape index (κ1) is 8.41. The van der Waals surface area contributed by atoms with Gasteiger partial charge in [0.25, 0.3) is 0 Å². The second kappa shape index (κ2) is 3.44. The first-order valence-corrected chi connectivity index (χ1v) is 3.31. The van der Waals surface area contributed by atoms with Crippen LogP contribution in [0.2, 0.25) is 0 Å². The number of hydrogen-bond donors (Lipinski definition) is 1. The van der Waals surface area contributed by atoms with Gasteiger partial charge >= 0.3 is 0 Å². The Balaban J connectivity index is 4.28. The van der Waals surface area contributed by atoms with Crippen molar-refractivity contribution in [2.75, 3.05) is 0 Å². The summed E-state index contributed by atoms with van der Waals surface area (Å²) in [5, 5.41) is 7.28. The van der Waals surface area contributed by atoms with Crippen LogP contribution in [0.15, 0.2) is 11.1 Å². The predicted octanol–water partition coefficient (Wildman–Crippen LogP) is 2.77. The molecule has 0 amide bonds. The summed E-state index contributed by atoms with van der Waals surface area (Å²) >= 11 is 0. The van der Waals surface area contributed by atoms with Crippen molar-refractivity contribution in [3.8, 4) is 0 Å². The Bertz CT molecular complexity index is 143. The topological polar surface area (TPSA) is 23.9 Å². The molecule has 0 aromatic heterocycles. The zero-order chi connectivity index (χ0) is 7.44. The molecule has 0 atom stereocenters. The van der Waals surface area contributed by atoms with Crippen molar-refractivity contribution in [2.24, 2.45) is 0 Å². The lowest BCUT2D eigenvalue weighted by molar-refractivity contribution is 1.07. The molecule has 0 aromatic rings. The van der Waals surface area contributed by atoms with E-state index in [0.717, 1.165) is 12.0 Å². The molecule has 1 nitrogen and oxygen atoms in total. The van der Waals surface area contributed by atoms with Crippen molar-refractivity contribution in [1.29, 1.82) is 5.41 Å². The molecule has 52 valence electrons. The molecular formula is C8H15N. The van der Waals surface area contributed by atoms with E-state index in [0.29, 0.717) is 5.71 Å². The van der Waals surface area contributed by atoms with Crippen LogP contribution in [0.3, 0.4) is 0 Å². The average Bonchev–Trinajstić information content (AvgIpc) is 1.84. The minimum Gasteiger partial charge on any atom is -0.305 e. The molecule has 0 radical (unpaired) electrons. The molecule has 0 rings (SSSR count). The molecule has 0 aliphatic rings. The fraction of sp³-hybridized carbons (Fsp3) is 0.625. The van der Waals surface area contributed by atoms with Crippen molar-refractivity contribution in [2.45, 2.75) is 34.1 Å². The van der Waals surface area contributed by atoms with Crippen LogP contribution in [0.25, 0.3) is 0 Å². The average molecular weight is 125 g/mol. The molecule has 0 fully saturated rings. The minimum absolute atomic E-state index is 0.689. The van der Waals surface area contributed by atoms with E-state index in [1.54, 1.807) is 0 Å². The van der Waals surface area contributed by atoms with Gasteiger partial charge in [-0.15, -0.1) is 0 Å². The van der Waals surface area contributed by atoms with Crippen LogP contribution in [-0.2, 0) is 0 Å². The van der Waals surface area contributed by atoms with Gasteiger partial charge in [0.15, 0.2) is 0 Å². The van der Waals surface area contributed by atoms with Crippen LogP contribution in [-0.4, -0.2) is 5.71 Å². The van der Waals surface area contributed by atoms with Crippen LogP contribution in [0.5, 0.6) is 0 Å². The van der Waals surface area contributed by atoms with Gasteiger partial charge in [-0.25, -0.2) is 0 Å². The summed E-state index contributed by atoms with van der Waals surface area (Å²) in [5.41, 5.74) is 3.15. The van der Waals surface area contributed by atoms with Gasteiger partial charge < -0.3 is 5.41 Å². The summed E-state index contributed by atoms with van der Waals surface area (Å²) in [4.78, 5) is 0. The molecule has 0 aliphatic heterocycles. The summed E-state index contributed by atoms with van der Waals surface area (Å²) in [7, 11) is 0. The Morgan fingerprint density at radius 2 is 1.67 bits per heavy atom. The van der Waals surface area contributed by atoms with Crippen LogP contribution >= 0.6 is 0 Å². The molecular weight excluding hydrogens is 110 g/mol. The second-order valence-electron chi connectivity index (χ2n) is 2.38.